The van der Waals surface area contributed by atoms with Crippen LogP contribution in [0.1, 0.15) is 37.6 Å². The van der Waals surface area contributed by atoms with Gasteiger partial charge in [-0.3, -0.25) is 14.6 Å². The molecule has 28 heavy (non-hydrogen) atoms. The van der Waals surface area contributed by atoms with Crippen molar-refractivity contribution in [3.05, 3.63) is 35.6 Å². The van der Waals surface area contributed by atoms with Gasteiger partial charge in [-0.2, -0.15) is 0 Å². The van der Waals surface area contributed by atoms with Gasteiger partial charge in [0.1, 0.15) is 5.82 Å². The van der Waals surface area contributed by atoms with Crippen LogP contribution in [-0.4, -0.2) is 84.7 Å². The summed E-state index contributed by atoms with van der Waals surface area (Å²) >= 11 is 0. The molecule has 5 nitrogen and oxygen atoms in total. The molecule has 1 aromatic carbocycles. The van der Waals surface area contributed by atoms with E-state index in [0.29, 0.717) is 25.1 Å². The van der Waals surface area contributed by atoms with Crippen molar-refractivity contribution in [3.8, 4) is 0 Å². The van der Waals surface area contributed by atoms with Gasteiger partial charge in [-0.05, 0) is 30.5 Å². The fourth-order valence-corrected chi connectivity index (χ4v) is 4.87. The van der Waals surface area contributed by atoms with E-state index in [2.05, 4.69) is 30.6 Å². The molecule has 4 rings (SSSR count). The standard InChI is InChI=1S/C22H32FN3O2/c1-21(2,3)8-9-24-14-22(15-24)16-25(12-17-13-28-11-10-26(17)22)20(27)18-6-4-5-7-19(18)23/h4-7,17H,8-16H2,1-3H3. The van der Waals surface area contributed by atoms with E-state index < -0.39 is 5.82 Å². The first-order valence-electron chi connectivity index (χ1n) is 10.4. The quantitative estimate of drug-likeness (QED) is 0.796. The molecule has 1 amide bonds. The minimum Gasteiger partial charge on any atom is -0.378 e. The topological polar surface area (TPSA) is 36.0 Å². The lowest BCUT2D eigenvalue weighted by Crippen LogP contribution is -2.81. The lowest BCUT2D eigenvalue weighted by Gasteiger charge is -2.63. The molecule has 1 aromatic rings. The van der Waals surface area contributed by atoms with Crippen molar-refractivity contribution < 1.29 is 13.9 Å². The van der Waals surface area contributed by atoms with Gasteiger partial charge in [0.15, 0.2) is 0 Å². The minimum atomic E-state index is -0.440. The number of carbonyl (C=O) groups is 1. The van der Waals surface area contributed by atoms with E-state index in [1.807, 2.05) is 4.90 Å². The third kappa shape index (κ3) is 3.82. The zero-order valence-electron chi connectivity index (χ0n) is 17.3. The molecule has 1 spiro atoms. The highest BCUT2D eigenvalue weighted by Crippen LogP contribution is 2.37. The maximum atomic E-state index is 14.2. The van der Waals surface area contributed by atoms with E-state index in [1.54, 1.807) is 18.2 Å². The monoisotopic (exact) mass is 389 g/mol. The van der Waals surface area contributed by atoms with E-state index in [4.69, 9.17) is 4.74 Å². The summed E-state index contributed by atoms with van der Waals surface area (Å²) in [4.78, 5) is 20.0. The number of rotatable bonds is 3. The number of hydrogen-bond acceptors (Lipinski definition) is 4. The molecule has 0 aliphatic carbocycles. The molecule has 154 valence electrons. The van der Waals surface area contributed by atoms with Crippen LogP contribution in [0.3, 0.4) is 0 Å². The number of nitrogens with zero attached hydrogens (tertiary/aromatic N) is 3. The van der Waals surface area contributed by atoms with Crippen LogP contribution in [0.5, 0.6) is 0 Å². The summed E-state index contributed by atoms with van der Waals surface area (Å²) in [5.74, 6) is -0.639. The van der Waals surface area contributed by atoms with Gasteiger partial charge in [-0.25, -0.2) is 4.39 Å². The highest BCUT2D eigenvalue weighted by molar-refractivity contribution is 5.94. The molecule has 6 heteroatoms. The number of carbonyl (C=O) groups excluding carboxylic acids is 1. The molecule has 3 heterocycles. The van der Waals surface area contributed by atoms with Crippen LogP contribution < -0.4 is 0 Å². The average molecular weight is 390 g/mol. The first-order chi connectivity index (χ1) is 13.3. The SMILES string of the molecule is CC(C)(C)CCN1CC2(C1)CN(C(=O)c1ccccc1F)CC1COCCN12. The Balaban J connectivity index is 1.50. The van der Waals surface area contributed by atoms with Crippen LogP contribution in [-0.2, 0) is 4.74 Å². The second kappa shape index (κ2) is 7.39. The Kier molecular flexibility index (Phi) is 5.23. The number of benzene rings is 1. The van der Waals surface area contributed by atoms with Crippen molar-refractivity contribution in [1.29, 1.82) is 0 Å². The van der Waals surface area contributed by atoms with Gasteiger partial charge >= 0.3 is 0 Å². The van der Waals surface area contributed by atoms with Crippen LogP contribution in [0.4, 0.5) is 4.39 Å². The van der Waals surface area contributed by atoms with Crippen LogP contribution in [0.25, 0.3) is 0 Å². The normalized spacial score (nSPS) is 25.4. The summed E-state index contributed by atoms with van der Waals surface area (Å²) in [6, 6.07) is 6.50. The smallest absolute Gasteiger partial charge is 0.256 e. The summed E-state index contributed by atoms with van der Waals surface area (Å²) in [6.45, 7) is 13.4. The first-order valence-corrected chi connectivity index (χ1v) is 10.4. The fourth-order valence-electron chi connectivity index (χ4n) is 4.87. The molecule has 0 bridgehead atoms. The van der Waals surface area contributed by atoms with Gasteiger partial charge in [0.2, 0.25) is 0 Å². The van der Waals surface area contributed by atoms with Crippen LogP contribution >= 0.6 is 0 Å². The molecule has 3 saturated heterocycles. The van der Waals surface area contributed by atoms with Crippen LogP contribution in [0.15, 0.2) is 24.3 Å². The largest absolute Gasteiger partial charge is 0.378 e. The number of fused-ring (bicyclic) bond motifs is 2. The Morgan fingerprint density at radius 2 is 2.00 bits per heavy atom. The zero-order chi connectivity index (χ0) is 19.9. The van der Waals surface area contributed by atoms with Gasteiger partial charge in [0, 0.05) is 32.7 Å². The van der Waals surface area contributed by atoms with Gasteiger partial charge in [0.05, 0.1) is 30.4 Å². The minimum absolute atomic E-state index is 0.0223. The Morgan fingerprint density at radius 1 is 1.25 bits per heavy atom. The maximum Gasteiger partial charge on any atom is 0.256 e. The number of likely N-dealkylation sites (tertiary alicyclic amines) is 1. The van der Waals surface area contributed by atoms with E-state index in [1.165, 1.54) is 6.07 Å². The predicted octanol–water partition coefficient (Wildman–Crippen LogP) is 2.47. The Hall–Kier alpha value is -1.50. The number of ether oxygens (including phenoxy) is 1. The molecule has 1 unspecified atom stereocenters. The van der Waals surface area contributed by atoms with Crippen molar-refractivity contribution in [2.45, 2.75) is 38.8 Å². The lowest BCUT2D eigenvalue weighted by molar-refractivity contribution is -0.159. The molecular formula is C22H32FN3O2. The molecule has 0 N–H and O–H groups in total. The van der Waals surface area contributed by atoms with Crippen molar-refractivity contribution in [2.75, 3.05) is 52.5 Å². The van der Waals surface area contributed by atoms with E-state index in [0.717, 1.165) is 39.2 Å². The Morgan fingerprint density at radius 3 is 2.71 bits per heavy atom. The number of amides is 1. The fraction of sp³-hybridized carbons (Fsp3) is 0.682. The van der Waals surface area contributed by atoms with Crippen molar-refractivity contribution in [2.24, 2.45) is 5.41 Å². The summed E-state index contributed by atoms with van der Waals surface area (Å²) in [5.41, 5.74) is 0.474. The number of morpholine rings is 1. The van der Waals surface area contributed by atoms with Gasteiger partial charge < -0.3 is 9.64 Å². The summed E-state index contributed by atoms with van der Waals surface area (Å²) < 4.78 is 19.9. The second-order valence-electron chi connectivity index (χ2n) is 9.83. The third-order valence-corrected chi connectivity index (χ3v) is 6.36. The van der Waals surface area contributed by atoms with Crippen molar-refractivity contribution in [1.82, 2.24) is 14.7 Å². The highest BCUT2D eigenvalue weighted by atomic mass is 19.1. The molecule has 3 aliphatic heterocycles. The highest BCUT2D eigenvalue weighted by Gasteiger charge is 2.54. The maximum absolute atomic E-state index is 14.2. The number of piperazine rings is 1. The van der Waals surface area contributed by atoms with Crippen molar-refractivity contribution in [3.63, 3.8) is 0 Å². The van der Waals surface area contributed by atoms with Gasteiger partial charge in [-0.15, -0.1) is 0 Å². The Labute approximate surface area is 167 Å². The summed E-state index contributed by atoms with van der Waals surface area (Å²) in [7, 11) is 0. The van der Waals surface area contributed by atoms with Gasteiger partial charge in [0.25, 0.3) is 5.91 Å². The number of hydrogen-bond donors (Lipinski definition) is 0. The third-order valence-electron chi connectivity index (χ3n) is 6.36. The van der Waals surface area contributed by atoms with E-state index in [-0.39, 0.29) is 23.1 Å². The molecule has 3 fully saturated rings. The Bertz CT molecular complexity index is 727. The summed E-state index contributed by atoms with van der Waals surface area (Å²) in [6.07, 6.45) is 1.16. The first kappa shape index (κ1) is 19.8. The predicted molar refractivity (Wildman–Crippen MR) is 107 cm³/mol. The zero-order valence-corrected chi connectivity index (χ0v) is 17.3. The molecule has 0 aromatic heterocycles. The van der Waals surface area contributed by atoms with E-state index >= 15 is 0 Å². The molecule has 0 saturated carbocycles. The molecule has 0 radical (unpaired) electrons. The van der Waals surface area contributed by atoms with E-state index in [9.17, 15) is 9.18 Å². The molecular weight excluding hydrogens is 357 g/mol. The van der Waals surface area contributed by atoms with Crippen LogP contribution in [0.2, 0.25) is 0 Å². The molecule has 1 atom stereocenters. The lowest BCUT2D eigenvalue weighted by atomic mass is 9.81. The van der Waals surface area contributed by atoms with Crippen LogP contribution in [0, 0.1) is 11.2 Å². The summed E-state index contributed by atoms with van der Waals surface area (Å²) in [5, 5.41) is 0. The molecule has 3 aliphatic rings. The number of halogens is 1. The van der Waals surface area contributed by atoms with Gasteiger partial charge in [-0.1, -0.05) is 32.9 Å². The second-order valence-corrected chi connectivity index (χ2v) is 9.83. The average Bonchev–Trinajstić information content (AvgIpc) is 2.63. The van der Waals surface area contributed by atoms with Crippen molar-refractivity contribution >= 4 is 5.91 Å².